The lowest BCUT2D eigenvalue weighted by atomic mass is 10.1. The molecule has 0 spiro atoms. The van der Waals surface area contributed by atoms with Gasteiger partial charge in [-0.05, 0) is 60.2 Å². The Labute approximate surface area is 189 Å². The van der Waals surface area contributed by atoms with Gasteiger partial charge in [-0.3, -0.25) is 9.78 Å². The first-order chi connectivity index (χ1) is 15.4. The zero-order valence-corrected chi connectivity index (χ0v) is 18.9. The van der Waals surface area contributed by atoms with Crippen molar-refractivity contribution in [3.8, 4) is 0 Å². The van der Waals surface area contributed by atoms with E-state index in [2.05, 4.69) is 28.8 Å². The Hall–Kier alpha value is -3.03. The summed E-state index contributed by atoms with van der Waals surface area (Å²) in [6, 6.07) is 18.2. The highest BCUT2D eigenvalue weighted by Gasteiger charge is 2.28. The average molecular weight is 450 g/mol. The van der Waals surface area contributed by atoms with Gasteiger partial charge in [-0.25, -0.2) is 13.1 Å². The summed E-state index contributed by atoms with van der Waals surface area (Å²) in [5.41, 5.74) is 3.50. The smallest absolute Gasteiger partial charge is 0.254 e. The minimum atomic E-state index is -3.63. The molecule has 1 aliphatic rings. The van der Waals surface area contributed by atoms with Crippen LogP contribution in [0.3, 0.4) is 0 Å². The van der Waals surface area contributed by atoms with Gasteiger partial charge in [0.2, 0.25) is 10.0 Å². The third-order valence-corrected chi connectivity index (χ3v) is 7.00. The Morgan fingerprint density at radius 3 is 2.38 bits per heavy atom. The molecule has 32 heavy (non-hydrogen) atoms. The van der Waals surface area contributed by atoms with Crippen molar-refractivity contribution in [3.05, 3.63) is 95.3 Å². The van der Waals surface area contributed by atoms with Gasteiger partial charge < -0.3 is 4.90 Å². The van der Waals surface area contributed by atoms with Gasteiger partial charge in [0.25, 0.3) is 5.91 Å². The summed E-state index contributed by atoms with van der Waals surface area (Å²) in [6.07, 6.45) is 6.09. The van der Waals surface area contributed by atoms with E-state index in [-0.39, 0.29) is 16.8 Å². The standard InChI is InChI=1S/C25H27N3O3S/c1-2-19-8-10-20(11-9-19)17-28(18-21-5-4-14-26-16-21)25(29)22-6-3-7-24(15-22)32(30,31)27-23-12-13-23/h3-11,14-16,23,27H,2,12-13,17-18H2,1H3. The van der Waals surface area contributed by atoms with Gasteiger partial charge in [0.15, 0.2) is 0 Å². The quantitative estimate of drug-likeness (QED) is 0.537. The van der Waals surface area contributed by atoms with Crippen molar-refractivity contribution in [2.45, 2.75) is 50.2 Å². The molecule has 1 amide bonds. The molecule has 4 rings (SSSR count). The zero-order valence-electron chi connectivity index (χ0n) is 18.1. The van der Waals surface area contributed by atoms with E-state index in [4.69, 9.17) is 0 Å². The van der Waals surface area contributed by atoms with Crippen molar-refractivity contribution in [1.29, 1.82) is 0 Å². The highest BCUT2D eigenvalue weighted by Crippen LogP contribution is 2.23. The molecule has 1 aromatic heterocycles. The number of nitrogens with zero attached hydrogens (tertiary/aromatic N) is 2. The van der Waals surface area contributed by atoms with Crippen molar-refractivity contribution in [1.82, 2.24) is 14.6 Å². The third-order valence-electron chi connectivity index (χ3n) is 5.48. The highest BCUT2D eigenvalue weighted by atomic mass is 32.2. The molecule has 6 nitrogen and oxygen atoms in total. The number of nitrogens with one attached hydrogen (secondary N) is 1. The molecule has 2 aromatic carbocycles. The molecule has 0 saturated heterocycles. The Morgan fingerprint density at radius 1 is 1.00 bits per heavy atom. The van der Waals surface area contributed by atoms with Crippen LogP contribution in [-0.4, -0.2) is 30.3 Å². The molecular formula is C25H27N3O3S. The van der Waals surface area contributed by atoms with Crippen LogP contribution in [-0.2, 0) is 29.5 Å². The number of carbonyl (C=O) groups is 1. The number of pyridine rings is 1. The molecule has 166 valence electrons. The summed E-state index contributed by atoms with van der Waals surface area (Å²) in [7, 11) is -3.63. The topological polar surface area (TPSA) is 79.4 Å². The van der Waals surface area contributed by atoms with Crippen LogP contribution in [0.15, 0.2) is 78.0 Å². The molecule has 0 aliphatic heterocycles. The maximum Gasteiger partial charge on any atom is 0.254 e. The number of rotatable bonds is 9. The number of hydrogen-bond acceptors (Lipinski definition) is 4. The fourth-order valence-corrected chi connectivity index (χ4v) is 4.83. The Bertz CT molecular complexity index is 1170. The summed E-state index contributed by atoms with van der Waals surface area (Å²) < 4.78 is 27.9. The van der Waals surface area contributed by atoms with Gasteiger partial charge in [0.05, 0.1) is 4.90 Å². The second-order valence-electron chi connectivity index (χ2n) is 8.12. The minimum Gasteiger partial charge on any atom is -0.330 e. The van der Waals surface area contributed by atoms with Crippen molar-refractivity contribution >= 4 is 15.9 Å². The molecule has 0 bridgehead atoms. The fraction of sp³-hybridized carbons (Fsp3) is 0.280. The molecule has 0 unspecified atom stereocenters. The third kappa shape index (κ3) is 5.60. The number of hydrogen-bond donors (Lipinski definition) is 1. The summed E-state index contributed by atoms with van der Waals surface area (Å²) in [4.78, 5) is 19.5. The van der Waals surface area contributed by atoms with Crippen LogP contribution in [0.5, 0.6) is 0 Å². The van der Waals surface area contributed by atoms with E-state index in [1.54, 1.807) is 29.4 Å². The van der Waals surface area contributed by atoms with Gasteiger partial charge >= 0.3 is 0 Å². The predicted molar refractivity (Wildman–Crippen MR) is 123 cm³/mol. The van der Waals surface area contributed by atoms with Gasteiger partial charge in [0, 0.05) is 37.1 Å². The molecule has 1 N–H and O–H groups in total. The fourth-order valence-electron chi connectivity index (χ4n) is 3.48. The second-order valence-corrected chi connectivity index (χ2v) is 9.83. The lowest BCUT2D eigenvalue weighted by Gasteiger charge is -2.23. The molecule has 0 radical (unpaired) electrons. The lowest BCUT2D eigenvalue weighted by Crippen LogP contribution is -2.31. The van der Waals surface area contributed by atoms with Crippen LogP contribution in [0.4, 0.5) is 0 Å². The Balaban J connectivity index is 1.60. The molecule has 1 aliphatic carbocycles. The molecule has 7 heteroatoms. The summed E-state index contributed by atoms with van der Waals surface area (Å²) in [6.45, 7) is 2.89. The number of sulfonamides is 1. The van der Waals surface area contributed by atoms with Crippen molar-refractivity contribution in [2.24, 2.45) is 0 Å². The summed E-state index contributed by atoms with van der Waals surface area (Å²) >= 11 is 0. The van der Waals surface area contributed by atoms with Gasteiger partial charge in [-0.15, -0.1) is 0 Å². The number of carbonyl (C=O) groups excluding carboxylic acids is 1. The minimum absolute atomic E-state index is 0.00697. The first kappa shape index (κ1) is 22.2. The first-order valence-corrected chi connectivity index (χ1v) is 12.3. The van der Waals surface area contributed by atoms with E-state index in [0.29, 0.717) is 18.7 Å². The van der Waals surface area contributed by atoms with E-state index in [9.17, 15) is 13.2 Å². The van der Waals surface area contributed by atoms with E-state index >= 15 is 0 Å². The normalized spacial score (nSPS) is 13.7. The molecule has 1 heterocycles. The van der Waals surface area contributed by atoms with Crippen molar-refractivity contribution < 1.29 is 13.2 Å². The monoisotopic (exact) mass is 449 g/mol. The van der Waals surface area contributed by atoms with Gasteiger partial charge in [-0.1, -0.05) is 43.3 Å². The zero-order chi connectivity index (χ0) is 22.6. The maximum absolute atomic E-state index is 13.5. The molecule has 0 atom stereocenters. The summed E-state index contributed by atoms with van der Waals surface area (Å²) in [5.74, 6) is -0.225. The van der Waals surface area contributed by atoms with Crippen molar-refractivity contribution in [2.75, 3.05) is 0 Å². The Morgan fingerprint density at radius 2 is 1.72 bits per heavy atom. The van der Waals surface area contributed by atoms with Crippen LogP contribution in [0.2, 0.25) is 0 Å². The van der Waals surface area contributed by atoms with Crippen LogP contribution in [0, 0.1) is 0 Å². The maximum atomic E-state index is 13.5. The van der Waals surface area contributed by atoms with Crippen LogP contribution < -0.4 is 4.72 Å². The Kier molecular flexibility index (Phi) is 6.67. The molecule has 1 saturated carbocycles. The SMILES string of the molecule is CCc1ccc(CN(Cc2cccnc2)C(=O)c2cccc(S(=O)(=O)NC3CC3)c2)cc1. The number of benzene rings is 2. The van der Waals surface area contributed by atoms with Crippen LogP contribution >= 0.6 is 0 Å². The molecule has 3 aromatic rings. The predicted octanol–water partition coefficient (Wildman–Crippen LogP) is 3.93. The average Bonchev–Trinajstić information content (AvgIpc) is 3.63. The number of aryl methyl sites for hydroxylation is 1. The van der Waals surface area contributed by atoms with E-state index in [1.807, 2.05) is 24.3 Å². The number of amides is 1. The second kappa shape index (κ2) is 9.63. The van der Waals surface area contributed by atoms with E-state index in [0.717, 1.165) is 30.4 Å². The molecular weight excluding hydrogens is 422 g/mol. The lowest BCUT2D eigenvalue weighted by molar-refractivity contribution is 0.0729. The number of aromatic nitrogens is 1. The van der Waals surface area contributed by atoms with Crippen molar-refractivity contribution in [3.63, 3.8) is 0 Å². The summed E-state index contributed by atoms with van der Waals surface area (Å²) in [5, 5.41) is 0. The van der Waals surface area contributed by atoms with E-state index < -0.39 is 10.0 Å². The highest BCUT2D eigenvalue weighted by molar-refractivity contribution is 7.89. The first-order valence-electron chi connectivity index (χ1n) is 10.8. The largest absolute Gasteiger partial charge is 0.330 e. The van der Waals surface area contributed by atoms with Gasteiger partial charge in [-0.2, -0.15) is 0 Å². The van der Waals surface area contributed by atoms with Crippen LogP contribution in [0.25, 0.3) is 0 Å². The van der Waals surface area contributed by atoms with Gasteiger partial charge in [0.1, 0.15) is 0 Å². The molecule has 1 fully saturated rings. The van der Waals surface area contributed by atoms with E-state index in [1.165, 1.54) is 17.7 Å². The van der Waals surface area contributed by atoms with Crippen LogP contribution in [0.1, 0.15) is 46.8 Å².